The monoisotopic (exact) mass is 293 g/mol. The van der Waals surface area contributed by atoms with Crippen LogP contribution in [0.3, 0.4) is 0 Å². The highest BCUT2D eigenvalue weighted by molar-refractivity contribution is 5.94. The Balaban J connectivity index is 2.89. The molecule has 2 unspecified atom stereocenters. The molecule has 0 aromatic heterocycles. The lowest BCUT2D eigenvalue weighted by molar-refractivity contribution is 0.0841. The van der Waals surface area contributed by atoms with Crippen molar-refractivity contribution in [2.75, 3.05) is 6.54 Å². The molecule has 0 bridgehead atoms. The first kappa shape index (κ1) is 16.4. The lowest BCUT2D eigenvalue weighted by Crippen LogP contribution is -2.36. The standard InChI is InChI=1S/C13H15F4NO2/c1-3-6(2)9(19)5-18-13(20)10-11(16)7(14)4-8(15)12(10)17/h4,6,9,19H,3,5H2,1-2H3,(H,18,20). The van der Waals surface area contributed by atoms with E-state index in [1.54, 1.807) is 6.92 Å². The zero-order valence-electron chi connectivity index (χ0n) is 11.0. The summed E-state index contributed by atoms with van der Waals surface area (Å²) in [6, 6.07) is 0.0233. The van der Waals surface area contributed by atoms with E-state index in [9.17, 15) is 27.5 Å². The molecule has 0 spiro atoms. The minimum atomic E-state index is -1.76. The van der Waals surface area contributed by atoms with Gasteiger partial charge in [-0.05, 0) is 5.92 Å². The van der Waals surface area contributed by atoms with Crippen molar-refractivity contribution in [2.24, 2.45) is 5.92 Å². The van der Waals surface area contributed by atoms with Gasteiger partial charge in [0.15, 0.2) is 23.3 Å². The maximum atomic E-state index is 13.3. The summed E-state index contributed by atoms with van der Waals surface area (Å²) in [6.45, 7) is 3.27. The first-order valence-electron chi connectivity index (χ1n) is 6.08. The second-order valence-corrected chi connectivity index (χ2v) is 4.51. The number of rotatable bonds is 5. The molecular weight excluding hydrogens is 278 g/mol. The molecule has 0 fully saturated rings. The molecule has 0 saturated heterocycles. The number of carbonyl (C=O) groups is 1. The van der Waals surface area contributed by atoms with Gasteiger partial charge in [-0.25, -0.2) is 17.6 Å². The number of carbonyl (C=O) groups excluding carboxylic acids is 1. The quantitative estimate of drug-likeness (QED) is 0.647. The number of nitrogens with one attached hydrogen (secondary N) is 1. The Morgan fingerprint density at radius 3 is 2.20 bits per heavy atom. The molecule has 0 aliphatic rings. The van der Waals surface area contributed by atoms with Crippen molar-refractivity contribution >= 4 is 5.91 Å². The molecule has 3 nitrogen and oxygen atoms in total. The lowest BCUT2D eigenvalue weighted by atomic mass is 10.0. The van der Waals surface area contributed by atoms with E-state index in [4.69, 9.17) is 0 Å². The second kappa shape index (κ2) is 6.69. The summed E-state index contributed by atoms with van der Waals surface area (Å²) in [4.78, 5) is 11.6. The molecule has 112 valence electrons. The van der Waals surface area contributed by atoms with E-state index in [2.05, 4.69) is 0 Å². The van der Waals surface area contributed by atoms with Gasteiger partial charge in [0.05, 0.1) is 6.10 Å². The van der Waals surface area contributed by atoms with Crippen molar-refractivity contribution < 1.29 is 27.5 Å². The lowest BCUT2D eigenvalue weighted by Gasteiger charge is -2.17. The zero-order chi connectivity index (χ0) is 15.4. The number of amides is 1. The van der Waals surface area contributed by atoms with Crippen LogP contribution in [0.4, 0.5) is 17.6 Å². The van der Waals surface area contributed by atoms with Crippen molar-refractivity contribution in [1.82, 2.24) is 5.32 Å². The molecular formula is C13H15F4NO2. The molecule has 1 rings (SSSR count). The highest BCUT2D eigenvalue weighted by Gasteiger charge is 2.25. The van der Waals surface area contributed by atoms with E-state index in [0.29, 0.717) is 6.42 Å². The fourth-order valence-corrected chi connectivity index (χ4v) is 1.53. The maximum Gasteiger partial charge on any atom is 0.257 e. The average molecular weight is 293 g/mol. The molecule has 0 radical (unpaired) electrons. The van der Waals surface area contributed by atoms with Crippen molar-refractivity contribution in [2.45, 2.75) is 26.4 Å². The second-order valence-electron chi connectivity index (χ2n) is 4.51. The van der Waals surface area contributed by atoms with Crippen LogP contribution >= 0.6 is 0 Å². The van der Waals surface area contributed by atoms with E-state index in [0.717, 1.165) is 0 Å². The zero-order valence-corrected chi connectivity index (χ0v) is 11.0. The van der Waals surface area contributed by atoms with Crippen molar-refractivity contribution in [1.29, 1.82) is 0 Å². The summed E-state index contributed by atoms with van der Waals surface area (Å²) in [5, 5.41) is 11.7. The molecule has 0 saturated carbocycles. The minimum absolute atomic E-state index is 0.0233. The Morgan fingerprint density at radius 1 is 1.25 bits per heavy atom. The third kappa shape index (κ3) is 3.47. The van der Waals surface area contributed by atoms with Gasteiger partial charge in [-0.15, -0.1) is 0 Å². The van der Waals surface area contributed by atoms with Crippen LogP contribution in [-0.4, -0.2) is 23.7 Å². The summed E-state index contributed by atoms with van der Waals surface area (Å²) in [7, 11) is 0. The van der Waals surface area contributed by atoms with Gasteiger partial charge in [0.2, 0.25) is 0 Å². The van der Waals surface area contributed by atoms with E-state index in [1.807, 2.05) is 12.2 Å². The van der Waals surface area contributed by atoms with Crippen LogP contribution < -0.4 is 5.32 Å². The summed E-state index contributed by atoms with van der Waals surface area (Å²) >= 11 is 0. The number of hydrogen-bond donors (Lipinski definition) is 2. The first-order valence-corrected chi connectivity index (χ1v) is 6.08. The first-order chi connectivity index (χ1) is 9.29. The van der Waals surface area contributed by atoms with E-state index < -0.39 is 40.8 Å². The Kier molecular flexibility index (Phi) is 5.50. The average Bonchev–Trinajstić information content (AvgIpc) is 2.41. The fraction of sp³-hybridized carbons (Fsp3) is 0.462. The van der Waals surface area contributed by atoms with Crippen LogP contribution in [0.2, 0.25) is 0 Å². The normalized spacial score (nSPS) is 13.9. The Bertz CT molecular complexity index is 481. The van der Waals surface area contributed by atoms with Gasteiger partial charge in [0.25, 0.3) is 5.91 Å². The number of aliphatic hydroxyl groups is 1. The van der Waals surface area contributed by atoms with Crippen molar-refractivity contribution in [3.05, 3.63) is 34.9 Å². The van der Waals surface area contributed by atoms with E-state index >= 15 is 0 Å². The van der Waals surface area contributed by atoms with Gasteiger partial charge in [0.1, 0.15) is 5.56 Å². The van der Waals surface area contributed by atoms with Crippen molar-refractivity contribution in [3.63, 3.8) is 0 Å². The van der Waals surface area contributed by atoms with Crippen LogP contribution in [0, 0.1) is 29.2 Å². The number of hydrogen-bond acceptors (Lipinski definition) is 2. The van der Waals surface area contributed by atoms with Gasteiger partial charge in [-0.1, -0.05) is 20.3 Å². The SMILES string of the molecule is CCC(C)C(O)CNC(=O)c1c(F)c(F)cc(F)c1F. The van der Waals surface area contributed by atoms with Gasteiger partial charge < -0.3 is 10.4 Å². The highest BCUT2D eigenvalue weighted by atomic mass is 19.2. The van der Waals surface area contributed by atoms with Crippen LogP contribution in [-0.2, 0) is 0 Å². The molecule has 0 aliphatic carbocycles. The Labute approximate surface area is 113 Å². The molecule has 2 atom stereocenters. The number of benzene rings is 1. The van der Waals surface area contributed by atoms with Crippen LogP contribution in [0.5, 0.6) is 0 Å². The largest absolute Gasteiger partial charge is 0.391 e. The third-order valence-corrected chi connectivity index (χ3v) is 3.11. The molecule has 2 N–H and O–H groups in total. The minimum Gasteiger partial charge on any atom is -0.391 e. The predicted octanol–water partition coefficient (Wildman–Crippen LogP) is 2.38. The fourth-order valence-electron chi connectivity index (χ4n) is 1.53. The van der Waals surface area contributed by atoms with Crippen LogP contribution in [0.15, 0.2) is 6.07 Å². The third-order valence-electron chi connectivity index (χ3n) is 3.11. The highest BCUT2D eigenvalue weighted by Crippen LogP contribution is 2.19. The molecule has 20 heavy (non-hydrogen) atoms. The summed E-state index contributed by atoms with van der Waals surface area (Å²) in [5.74, 6) is -8.30. The molecule has 0 aliphatic heterocycles. The summed E-state index contributed by atoms with van der Waals surface area (Å²) < 4.78 is 52.6. The van der Waals surface area contributed by atoms with E-state index in [-0.39, 0.29) is 18.5 Å². The molecule has 1 amide bonds. The van der Waals surface area contributed by atoms with Gasteiger partial charge in [-0.3, -0.25) is 4.79 Å². The van der Waals surface area contributed by atoms with Gasteiger partial charge in [-0.2, -0.15) is 0 Å². The van der Waals surface area contributed by atoms with Gasteiger partial charge >= 0.3 is 0 Å². The maximum absolute atomic E-state index is 13.3. The molecule has 7 heteroatoms. The Hall–Kier alpha value is -1.63. The van der Waals surface area contributed by atoms with Gasteiger partial charge in [0, 0.05) is 12.6 Å². The van der Waals surface area contributed by atoms with E-state index in [1.165, 1.54) is 0 Å². The topological polar surface area (TPSA) is 49.3 Å². The smallest absolute Gasteiger partial charge is 0.257 e. The molecule has 1 aromatic carbocycles. The summed E-state index contributed by atoms with van der Waals surface area (Å²) in [5.41, 5.74) is -1.33. The van der Waals surface area contributed by atoms with Crippen molar-refractivity contribution in [3.8, 4) is 0 Å². The number of aliphatic hydroxyl groups excluding tert-OH is 1. The summed E-state index contributed by atoms with van der Waals surface area (Å²) in [6.07, 6.45) is -0.289. The molecule has 0 heterocycles. The number of halogens is 4. The Morgan fingerprint density at radius 2 is 1.75 bits per heavy atom. The predicted molar refractivity (Wildman–Crippen MR) is 64.1 cm³/mol. The van der Waals surface area contributed by atoms with Crippen LogP contribution in [0.1, 0.15) is 30.6 Å². The molecule has 1 aromatic rings. The van der Waals surface area contributed by atoms with Crippen LogP contribution in [0.25, 0.3) is 0 Å².